The zero-order chi connectivity index (χ0) is 22.1. The Kier molecular flexibility index (Phi) is 5.54. The second-order valence-electron chi connectivity index (χ2n) is 7.57. The van der Waals surface area contributed by atoms with Crippen LogP contribution in [-0.4, -0.2) is 62.0 Å². The van der Waals surface area contributed by atoms with E-state index in [0.717, 1.165) is 11.3 Å². The normalized spacial score (nSPS) is 23.0. The van der Waals surface area contributed by atoms with Gasteiger partial charge in [0.25, 0.3) is 0 Å². The molecule has 2 aromatic heterocycles. The van der Waals surface area contributed by atoms with Crippen LogP contribution in [0, 0.1) is 0 Å². The third kappa shape index (κ3) is 3.61. The first-order valence-corrected chi connectivity index (χ1v) is 10.3. The van der Waals surface area contributed by atoms with Crippen molar-refractivity contribution in [2.24, 2.45) is 0 Å². The molecule has 0 bridgehead atoms. The standard InChI is InChI=1S/C23H23N5O4/c1-31-12-16-19(29)20(30)23(32-16)28-22-17(18(27-28)14-8-4-2-5-9-14)21(24-13-25-22)26-15-10-6-3-7-11-15/h2-11,13,16,19-20,23,29-30H,12H2,1H3,(H,24,25,26)/t16-,19+,20+,23-/m1/s1. The fourth-order valence-corrected chi connectivity index (χ4v) is 3.93. The number of ether oxygens (including phenoxy) is 2. The molecule has 0 aliphatic carbocycles. The van der Waals surface area contributed by atoms with Crippen LogP contribution in [0.4, 0.5) is 11.5 Å². The highest BCUT2D eigenvalue weighted by Crippen LogP contribution is 2.37. The molecule has 32 heavy (non-hydrogen) atoms. The number of benzene rings is 2. The summed E-state index contributed by atoms with van der Waals surface area (Å²) in [4.78, 5) is 8.91. The van der Waals surface area contributed by atoms with E-state index >= 15 is 0 Å². The highest BCUT2D eigenvalue weighted by molar-refractivity contribution is 6.00. The molecule has 9 nitrogen and oxygen atoms in total. The number of aromatic nitrogens is 4. The minimum Gasteiger partial charge on any atom is -0.387 e. The number of hydrogen-bond donors (Lipinski definition) is 3. The lowest BCUT2D eigenvalue weighted by Crippen LogP contribution is -2.33. The molecule has 4 atom stereocenters. The van der Waals surface area contributed by atoms with Gasteiger partial charge in [-0.05, 0) is 12.1 Å². The maximum absolute atomic E-state index is 10.7. The fraction of sp³-hybridized carbons (Fsp3) is 0.261. The summed E-state index contributed by atoms with van der Waals surface area (Å²) in [5.74, 6) is 0.577. The Morgan fingerprint density at radius 1 is 1.00 bits per heavy atom. The number of hydrogen-bond acceptors (Lipinski definition) is 8. The number of fused-ring (bicyclic) bond motifs is 1. The summed E-state index contributed by atoms with van der Waals surface area (Å²) in [6.45, 7) is 0.148. The molecule has 0 spiro atoms. The maximum atomic E-state index is 10.7. The molecule has 0 radical (unpaired) electrons. The molecular formula is C23H23N5O4. The average molecular weight is 433 g/mol. The number of aliphatic hydroxyl groups excluding tert-OH is 2. The van der Waals surface area contributed by atoms with Crippen LogP contribution >= 0.6 is 0 Å². The van der Waals surface area contributed by atoms with Crippen molar-refractivity contribution in [2.45, 2.75) is 24.5 Å². The van der Waals surface area contributed by atoms with Crippen molar-refractivity contribution in [1.29, 1.82) is 0 Å². The van der Waals surface area contributed by atoms with Crippen LogP contribution in [0.2, 0.25) is 0 Å². The van der Waals surface area contributed by atoms with Crippen molar-refractivity contribution < 1.29 is 19.7 Å². The van der Waals surface area contributed by atoms with Crippen LogP contribution in [0.1, 0.15) is 6.23 Å². The highest BCUT2D eigenvalue weighted by Gasteiger charge is 2.45. The lowest BCUT2D eigenvalue weighted by molar-refractivity contribution is -0.0628. The molecule has 2 aromatic carbocycles. The minimum atomic E-state index is -1.19. The third-order valence-corrected chi connectivity index (χ3v) is 5.48. The summed E-state index contributed by atoms with van der Waals surface area (Å²) in [7, 11) is 1.52. The molecule has 4 aromatic rings. The molecule has 0 amide bonds. The van der Waals surface area contributed by atoms with Crippen LogP contribution in [-0.2, 0) is 9.47 Å². The first-order chi connectivity index (χ1) is 15.7. The quantitative estimate of drug-likeness (QED) is 0.425. The molecule has 3 N–H and O–H groups in total. The first-order valence-electron chi connectivity index (χ1n) is 10.3. The average Bonchev–Trinajstić information content (AvgIpc) is 3.34. The van der Waals surface area contributed by atoms with E-state index in [1.165, 1.54) is 18.1 Å². The summed E-state index contributed by atoms with van der Waals surface area (Å²) in [5.41, 5.74) is 2.85. The monoisotopic (exact) mass is 433 g/mol. The van der Waals surface area contributed by atoms with Gasteiger partial charge < -0.3 is 25.0 Å². The van der Waals surface area contributed by atoms with Crippen molar-refractivity contribution in [2.75, 3.05) is 19.0 Å². The van der Waals surface area contributed by atoms with Gasteiger partial charge >= 0.3 is 0 Å². The Balaban J connectivity index is 1.66. The Hall–Kier alpha value is -3.37. The predicted molar refractivity (Wildman–Crippen MR) is 118 cm³/mol. The molecular weight excluding hydrogens is 410 g/mol. The number of rotatable bonds is 6. The third-order valence-electron chi connectivity index (χ3n) is 5.48. The lowest BCUT2D eigenvalue weighted by atomic mass is 10.1. The zero-order valence-corrected chi connectivity index (χ0v) is 17.4. The van der Waals surface area contributed by atoms with E-state index in [-0.39, 0.29) is 6.61 Å². The molecule has 3 heterocycles. The fourth-order valence-electron chi connectivity index (χ4n) is 3.93. The Bertz CT molecular complexity index is 1200. The van der Waals surface area contributed by atoms with E-state index in [1.54, 1.807) is 0 Å². The van der Waals surface area contributed by atoms with Crippen molar-refractivity contribution in [3.05, 3.63) is 67.0 Å². The summed E-state index contributed by atoms with van der Waals surface area (Å²) in [6.07, 6.45) is -2.47. The molecule has 9 heteroatoms. The van der Waals surface area contributed by atoms with E-state index in [1.807, 2.05) is 60.7 Å². The van der Waals surface area contributed by atoms with Gasteiger partial charge in [-0.25, -0.2) is 14.6 Å². The van der Waals surface area contributed by atoms with E-state index in [4.69, 9.17) is 14.6 Å². The van der Waals surface area contributed by atoms with Crippen LogP contribution < -0.4 is 5.32 Å². The van der Waals surface area contributed by atoms with Crippen molar-refractivity contribution in [3.63, 3.8) is 0 Å². The first kappa shape index (κ1) is 20.5. The van der Waals surface area contributed by atoms with Gasteiger partial charge in [-0.2, -0.15) is 5.10 Å². The summed E-state index contributed by atoms with van der Waals surface area (Å²) < 4.78 is 12.6. The van der Waals surface area contributed by atoms with Gasteiger partial charge in [-0.15, -0.1) is 0 Å². The van der Waals surface area contributed by atoms with Crippen molar-refractivity contribution in [1.82, 2.24) is 19.7 Å². The number of nitrogens with one attached hydrogen (secondary N) is 1. The van der Waals surface area contributed by atoms with Crippen LogP contribution in [0.3, 0.4) is 0 Å². The maximum Gasteiger partial charge on any atom is 0.181 e. The van der Waals surface area contributed by atoms with Gasteiger partial charge in [-0.1, -0.05) is 48.5 Å². The molecule has 1 aliphatic heterocycles. The number of methoxy groups -OCH3 is 1. The largest absolute Gasteiger partial charge is 0.387 e. The zero-order valence-electron chi connectivity index (χ0n) is 17.4. The topological polar surface area (TPSA) is 115 Å². The number of para-hydroxylation sites is 1. The lowest BCUT2D eigenvalue weighted by Gasteiger charge is -2.15. The summed E-state index contributed by atoms with van der Waals surface area (Å²) >= 11 is 0. The van der Waals surface area contributed by atoms with Gasteiger partial charge in [0.2, 0.25) is 0 Å². The summed E-state index contributed by atoms with van der Waals surface area (Å²) in [6, 6.07) is 19.4. The van der Waals surface area contributed by atoms with Crippen LogP contribution in [0.25, 0.3) is 22.3 Å². The van der Waals surface area contributed by atoms with Crippen LogP contribution in [0.5, 0.6) is 0 Å². The molecule has 1 fully saturated rings. The van der Waals surface area contributed by atoms with Crippen LogP contribution in [0.15, 0.2) is 67.0 Å². The second kappa shape index (κ2) is 8.64. The molecule has 0 unspecified atom stereocenters. The van der Waals surface area contributed by atoms with Gasteiger partial charge in [0.15, 0.2) is 11.9 Å². The second-order valence-corrected chi connectivity index (χ2v) is 7.57. The van der Waals surface area contributed by atoms with E-state index in [0.29, 0.717) is 22.5 Å². The Morgan fingerprint density at radius 3 is 2.44 bits per heavy atom. The van der Waals surface area contributed by atoms with Crippen molar-refractivity contribution >= 4 is 22.5 Å². The molecule has 5 rings (SSSR count). The predicted octanol–water partition coefficient (Wildman–Crippen LogP) is 2.50. The molecule has 1 saturated heterocycles. The van der Waals surface area contributed by atoms with E-state index < -0.39 is 24.5 Å². The Morgan fingerprint density at radius 2 is 1.72 bits per heavy atom. The van der Waals surface area contributed by atoms with E-state index in [9.17, 15) is 10.2 Å². The molecule has 0 saturated carbocycles. The Labute approximate surface area is 184 Å². The van der Waals surface area contributed by atoms with Gasteiger partial charge in [-0.3, -0.25) is 0 Å². The molecule has 164 valence electrons. The minimum absolute atomic E-state index is 0.148. The summed E-state index contributed by atoms with van der Waals surface area (Å²) in [5, 5.41) is 29.9. The highest BCUT2D eigenvalue weighted by atomic mass is 16.6. The van der Waals surface area contributed by atoms with Crippen molar-refractivity contribution in [3.8, 4) is 11.3 Å². The smallest absolute Gasteiger partial charge is 0.181 e. The van der Waals surface area contributed by atoms with E-state index in [2.05, 4.69) is 15.3 Å². The number of anilines is 2. The number of nitrogens with zero attached hydrogens (tertiary/aromatic N) is 4. The van der Waals surface area contributed by atoms with Gasteiger partial charge in [0.05, 0.1) is 12.0 Å². The SMILES string of the molecule is COC[C@H]1O[C@@H](n2nc(-c3ccccc3)c3c(Nc4ccccc4)ncnc32)[C@@H](O)[C@H]1O. The molecule has 1 aliphatic rings. The van der Waals surface area contributed by atoms with Gasteiger partial charge in [0, 0.05) is 18.4 Å². The van der Waals surface area contributed by atoms with Gasteiger partial charge in [0.1, 0.15) is 36.2 Å². The number of aliphatic hydroxyl groups is 2.